The molecule has 8 rings (SSSR count). The van der Waals surface area contributed by atoms with Crippen molar-refractivity contribution < 1.29 is 9.47 Å². The van der Waals surface area contributed by atoms with E-state index in [-0.39, 0.29) is 11.0 Å². The minimum Gasteiger partial charge on any atom is -0.379 e. The van der Waals surface area contributed by atoms with E-state index in [4.69, 9.17) is 19.6 Å². The lowest BCUT2D eigenvalue weighted by molar-refractivity contribution is -0.112. The minimum absolute atomic E-state index is 0.167. The summed E-state index contributed by atoms with van der Waals surface area (Å²) in [7, 11) is 0. The molecule has 5 aliphatic rings. The van der Waals surface area contributed by atoms with Crippen molar-refractivity contribution in [3.8, 4) is 0 Å². The van der Waals surface area contributed by atoms with Crippen molar-refractivity contribution in [1.82, 2.24) is 19.5 Å². The first-order chi connectivity index (χ1) is 16.6. The van der Waals surface area contributed by atoms with E-state index in [1.165, 1.54) is 11.3 Å². The molecule has 178 valence electrons. The topological polar surface area (TPSA) is 55.1 Å². The molecule has 7 nitrogen and oxygen atoms in total. The maximum Gasteiger partial charge on any atom is 0.185 e. The first-order valence-corrected chi connectivity index (χ1v) is 12.7. The molecule has 4 aliphatic heterocycles. The van der Waals surface area contributed by atoms with Crippen molar-refractivity contribution in [2.24, 2.45) is 5.92 Å². The Morgan fingerprint density at radius 2 is 1.91 bits per heavy atom. The standard InChI is InChI=1S/C27H33N5O2/c1-19-14-22(31-9-8-26(2,18-31)21-6-4-3-5-7-21)16-32-24(19)28-25(29-32)27-15-20(17-34-27)23(27)30-10-12-33-13-11-30/h3-7,14,16,20,23H,8-13,15,17-18H2,1-2H3/t20?,23?,26-,27?/m0/s1. The van der Waals surface area contributed by atoms with Crippen LogP contribution in [0, 0.1) is 12.8 Å². The molecule has 6 heterocycles. The zero-order valence-electron chi connectivity index (χ0n) is 20.1. The Balaban J connectivity index is 1.19. The van der Waals surface area contributed by atoms with Gasteiger partial charge in [-0.25, -0.2) is 9.50 Å². The Morgan fingerprint density at radius 3 is 2.71 bits per heavy atom. The molecule has 34 heavy (non-hydrogen) atoms. The van der Waals surface area contributed by atoms with Crippen molar-refractivity contribution in [2.75, 3.05) is 50.9 Å². The molecular formula is C27H33N5O2. The summed E-state index contributed by atoms with van der Waals surface area (Å²) in [6.07, 6.45) is 4.34. The number of aromatic nitrogens is 3. The van der Waals surface area contributed by atoms with E-state index in [0.29, 0.717) is 12.0 Å². The summed E-state index contributed by atoms with van der Waals surface area (Å²) in [6, 6.07) is 13.6. The Morgan fingerprint density at radius 1 is 1.09 bits per heavy atom. The number of hydrogen-bond donors (Lipinski definition) is 0. The second-order valence-corrected chi connectivity index (χ2v) is 10.9. The molecule has 3 aromatic rings. The number of nitrogens with zero attached hydrogens (tertiary/aromatic N) is 5. The van der Waals surface area contributed by atoms with Crippen molar-refractivity contribution in [1.29, 1.82) is 0 Å². The summed E-state index contributed by atoms with van der Waals surface area (Å²) in [6.45, 7) is 11.0. The summed E-state index contributed by atoms with van der Waals surface area (Å²) >= 11 is 0. The Kier molecular flexibility index (Phi) is 4.61. The van der Waals surface area contributed by atoms with Crippen LogP contribution in [0.2, 0.25) is 0 Å². The van der Waals surface area contributed by atoms with Gasteiger partial charge in [-0.05, 0) is 37.0 Å². The quantitative estimate of drug-likeness (QED) is 0.598. The van der Waals surface area contributed by atoms with Gasteiger partial charge in [0.2, 0.25) is 0 Å². The van der Waals surface area contributed by atoms with Crippen LogP contribution in [0.5, 0.6) is 0 Å². The Bertz CT molecular complexity index is 1220. The largest absolute Gasteiger partial charge is 0.379 e. The Hall–Kier alpha value is -2.48. The average Bonchev–Trinajstić information content (AvgIpc) is 3.63. The SMILES string of the molecule is Cc1cc(N2CC[C@](C)(c3ccccc3)C2)cn2nc(C34CC(CO3)C4N3CCOCC3)nc12. The molecule has 0 radical (unpaired) electrons. The lowest BCUT2D eigenvalue weighted by Crippen LogP contribution is -2.62. The molecule has 4 saturated heterocycles. The van der Waals surface area contributed by atoms with Gasteiger partial charge in [-0.1, -0.05) is 37.3 Å². The number of ether oxygens (including phenoxy) is 2. The fraction of sp³-hybridized carbons (Fsp3) is 0.556. The van der Waals surface area contributed by atoms with Crippen LogP contribution in [0.4, 0.5) is 5.69 Å². The lowest BCUT2D eigenvalue weighted by Gasteiger charge is -2.50. The molecular weight excluding hydrogens is 426 g/mol. The highest BCUT2D eigenvalue weighted by molar-refractivity contribution is 5.58. The maximum atomic E-state index is 6.41. The van der Waals surface area contributed by atoms with Crippen LogP contribution in [0.1, 0.15) is 36.7 Å². The molecule has 2 aromatic heterocycles. The van der Waals surface area contributed by atoms with Crippen LogP contribution in [0.3, 0.4) is 0 Å². The zero-order valence-corrected chi connectivity index (χ0v) is 20.1. The smallest absolute Gasteiger partial charge is 0.185 e. The first kappa shape index (κ1) is 20.9. The molecule has 2 bridgehead atoms. The molecule has 3 unspecified atom stereocenters. The first-order valence-electron chi connectivity index (χ1n) is 12.7. The van der Waals surface area contributed by atoms with Gasteiger partial charge in [0, 0.05) is 37.5 Å². The molecule has 0 spiro atoms. The van der Waals surface area contributed by atoms with Gasteiger partial charge in [-0.2, -0.15) is 0 Å². The molecule has 5 fully saturated rings. The van der Waals surface area contributed by atoms with E-state index >= 15 is 0 Å². The van der Waals surface area contributed by atoms with Crippen molar-refractivity contribution in [2.45, 2.75) is 43.7 Å². The van der Waals surface area contributed by atoms with Crippen LogP contribution < -0.4 is 4.90 Å². The van der Waals surface area contributed by atoms with Crippen LogP contribution in [-0.4, -0.2) is 71.5 Å². The van der Waals surface area contributed by atoms with Crippen LogP contribution in [0.25, 0.3) is 5.65 Å². The lowest BCUT2D eigenvalue weighted by atomic mass is 9.68. The maximum absolute atomic E-state index is 6.41. The second kappa shape index (κ2) is 7.51. The number of morpholine rings is 1. The van der Waals surface area contributed by atoms with Crippen molar-refractivity contribution >= 4 is 11.3 Å². The third-order valence-electron chi connectivity index (χ3n) is 8.77. The number of fused-ring (bicyclic) bond motifs is 2. The number of hydrogen-bond acceptors (Lipinski definition) is 6. The van der Waals surface area contributed by atoms with E-state index in [9.17, 15) is 0 Å². The van der Waals surface area contributed by atoms with Crippen LogP contribution in [0.15, 0.2) is 42.6 Å². The number of anilines is 1. The number of rotatable bonds is 4. The van der Waals surface area contributed by atoms with Gasteiger partial charge in [0.1, 0.15) is 5.60 Å². The van der Waals surface area contributed by atoms with Gasteiger partial charge >= 0.3 is 0 Å². The summed E-state index contributed by atoms with van der Waals surface area (Å²) in [5.41, 5.74) is 4.56. The van der Waals surface area contributed by atoms with E-state index < -0.39 is 0 Å². The molecule has 1 aliphatic carbocycles. The minimum atomic E-state index is -0.361. The van der Waals surface area contributed by atoms with Crippen molar-refractivity contribution in [3.05, 3.63) is 59.5 Å². The number of aryl methyl sites for hydroxylation is 1. The highest BCUT2D eigenvalue weighted by Gasteiger charge is 2.66. The van der Waals surface area contributed by atoms with E-state index in [1.807, 2.05) is 4.52 Å². The van der Waals surface area contributed by atoms with E-state index in [1.54, 1.807) is 0 Å². The summed E-state index contributed by atoms with van der Waals surface area (Å²) in [4.78, 5) is 10.1. The molecule has 7 heteroatoms. The third-order valence-corrected chi connectivity index (χ3v) is 8.77. The van der Waals surface area contributed by atoms with Gasteiger partial charge in [-0.3, -0.25) is 4.90 Å². The third kappa shape index (κ3) is 3.00. The zero-order chi connectivity index (χ0) is 22.9. The predicted octanol–water partition coefficient (Wildman–Crippen LogP) is 3.15. The summed E-state index contributed by atoms with van der Waals surface area (Å²) in [5.74, 6) is 1.44. The fourth-order valence-corrected chi connectivity index (χ4v) is 6.87. The molecule has 4 atom stereocenters. The van der Waals surface area contributed by atoms with E-state index in [0.717, 1.165) is 75.9 Å². The highest BCUT2D eigenvalue weighted by atomic mass is 16.5. The van der Waals surface area contributed by atoms with Gasteiger partial charge < -0.3 is 14.4 Å². The van der Waals surface area contributed by atoms with E-state index in [2.05, 4.69) is 66.2 Å². The second-order valence-electron chi connectivity index (χ2n) is 10.9. The molecule has 1 aromatic carbocycles. The monoisotopic (exact) mass is 459 g/mol. The summed E-state index contributed by atoms with van der Waals surface area (Å²) < 4.78 is 14.0. The summed E-state index contributed by atoms with van der Waals surface area (Å²) in [5, 5.41) is 5.03. The van der Waals surface area contributed by atoms with Gasteiger partial charge in [0.15, 0.2) is 11.5 Å². The number of pyridine rings is 1. The average molecular weight is 460 g/mol. The van der Waals surface area contributed by atoms with Crippen LogP contribution in [-0.2, 0) is 20.5 Å². The molecule has 0 amide bonds. The molecule has 0 N–H and O–H groups in total. The van der Waals surface area contributed by atoms with Crippen LogP contribution >= 0.6 is 0 Å². The Labute approximate surface area is 200 Å². The number of benzene rings is 1. The fourth-order valence-electron chi connectivity index (χ4n) is 6.87. The van der Waals surface area contributed by atoms with Gasteiger partial charge in [0.25, 0.3) is 0 Å². The normalized spacial score (nSPS) is 33.5. The molecule has 1 saturated carbocycles. The van der Waals surface area contributed by atoms with Gasteiger partial charge in [0.05, 0.1) is 37.7 Å². The highest BCUT2D eigenvalue weighted by Crippen LogP contribution is 2.56. The predicted molar refractivity (Wildman–Crippen MR) is 130 cm³/mol. The van der Waals surface area contributed by atoms with Gasteiger partial charge in [-0.15, -0.1) is 5.10 Å². The van der Waals surface area contributed by atoms with Crippen molar-refractivity contribution in [3.63, 3.8) is 0 Å².